The van der Waals surface area contributed by atoms with Crippen molar-refractivity contribution in [2.75, 3.05) is 0 Å². The third kappa shape index (κ3) is 1.32. The lowest BCUT2D eigenvalue weighted by molar-refractivity contribution is 0.467. The van der Waals surface area contributed by atoms with E-state index in [0.29, 0.717) is 21.5 Å². The van der Waals surface area contributed by atoms with Gasteiger partial charge >= 0.3 is 0 Å². The van der Waals surface area contributed by atoms with Gasteiger partial charge in [-0.1, -0.05) is 0 Å². The van der Waals surface area contributed by atoms with E-state index < -0.39 is 0 Å². The minimum atomic E-state index is 0.00689. The van der Waals surface area contributed by atoms with Gasteiger partial charge in [-0.05, 0) is 36.4 Å². The highest BCUT2D eigenvalue weighted by molar-refractivity contribution is 6.07. The van der Waals surface area contributed by atoms with Crippen molar-refractivity contribution in [3.05, 3.63) is 36.4 Å². The summed E-state index contributed by atoms with van der Waals surface area (Å²) >= 11 is 0. The SMILES string of the molecule is Oc1ccc(O)c2cc3c(O)ccc(O)c3cc12. The first kappa shape index (κ1) is 10.5. The molecule has 4 heteroatoms. The van der Waals surface area contributed by atoms with Crippen LogP contribution in [0.2, 0.25) is 0 Å². The smallest absolute Gasteiger partial charge is 0.123 e. The molecule has 0 fully saturated rings. The second kappa shape index (κ2) is 3.43. The summed E-state index contributed by atoms with van der Waals surface area (Å²) in [5, 5.41) is 40.7. The Morgan fingerprint density at radius 3 is 0.889 bits per heavy atom. The van der Waals surface area contributed by atoms with Gasteiger partial charge in [-0.2, -0.15) is 0 Å². The number of fused-ring (bicyclic) bond motifs is 2. The maximum absolute atomic E-state index is 9.76. The lowest BCUT2D eigenvalue weighted by atomic mass is 10.0. The van der Waals surface area contributed by atoms with Gasteiger partial charge in [0.1, 0.15) is 23.0 Å². The molecule has 0 spiro atoms. The van der Waals surface area contributed by atoms with Gasteiger partial charge in [0.05, 0.1) is 0 Å². The fourth-order valence-electron chi connectivity index (χ4n) is 2.12. The van der Waals surface area contributed by atoms with Crippen molar-refractivity contribution < 1.29 is 20.4 Å². The van der Waals surface area contributed by atoms with Crippen molar-refractivity contribution >= 4 is 21.5 Å². The van der Waals surface area contributed by atoms with Gasteiger partial charge in [0.25, 0.3) is 0 Å². The largest absolute Gasteiger partial charge is 0.507 e. The molecule has 0 aliphatic carbocycles. The fraction of sp³-hybridized carbons (Fsp3) is 0. The summed E-state index contributed by atoms with van der Waals surface area (Å²) in [6, 6.07) is 8.59. The molecule has 3 aromatic rings. The molecule has 3 aromatic carbocycles. The van der Waals surface area contributed by atoms with Crippen molar-refractivity contribution in [2.45, 2.75) is 0 Å². The number of phenolic OH excluding ortho intramolecular Hbond substituents is 4. The second-order valence-electron chi connectivity index (χ2n) is 4.15. The monoisotopic (exact) mass is 242 g/mol. The third-order valence-electron chi connectivity index (χ3n) is 3.06. The van der Waals surface area contributed by atoms with Crippen LogP contribution in [-0.4, -0.2) is 20.4 Å². The maximum atomic E-state index is 9.76. The van der Waals surface area contributed by atoms with Crippen LogP contribution in [0.1, 0.15) is 0 Å². The zero-order chi connectivity index (χ0) is 12.9. The Labute approximate surface area is 102 Å². The van der Waals surface area contributed by atoms with Gasteiger partial charge < -0.3 is 20.4 Å². The summed E-state index contributed by atoms with van der Waals surface area (Å²) in [6.45, 7) is 0. The van der Waals surface area contributed by atoms with Crippen LogP contribution in [0.25, 0.3) is 21.5 Å². The van der Waals surface area contributed by atoms with Gasteiger partial charge in [-0.25, -0.2) is 0 Å². The average molecular weight is 242 g/mol. The van der Waals surface area contributed by atoms with Crippen LogP contribution < -0.4 is 0 Å². The van der Waals surface area contributed by atoms with Crippen molar-refractivity contribution in [3.63, 3.8) is 0 Å². The average Bonchev–Trinajstić information content (AvgIpc) is 2.37. The van der Waals surface area contributed by atoms with Crippen molar-refractivity contribution in [1.29, 1.82) is 0 Å². The standard InChI is InChI=1S/C14H10O4/c15-11-1-2-12(16)8-6-10-9(5-7(8)11)13(17)3-4-14(10)18/h1-6,15-18H. The summed E-state index contributed by atoms with van der Waals surface area (Å²) in [7, 11) is 0. The van der Waals surface area contributed by atoms with E-state index in [1.54, 1.807) is 0 Å². The molecule has 0 aromatic heterocycles. The number of hydrogen-bond acceptors (Lipinski definition) is 4. The van der Waals surface area contributed by atoms with Crippen LogP contribution in [0, 0.1) is 0 Å². The third-order valence-corrected chi connectivity index (χ3v) is 3.06. The highest BCUT2D eigenvalue weighted by Crippen LogP contribution is 2.40. The molecular weight excluding hydrogens is 232 g/mol. The molecule has 18 heavy (non-hydrogen) atoms. The molecule has 3 rings (SSSR count). The molecule has 0 atom stereocenters. The van der Waals surface area contributed by atoms with Crippen molar-refractivity contribution in [3.8, 4) is 23.0 Å². The summed E-state index contributed by atoms with van der Waals surface area (Å²) < 4.78 is 0. The molecule has 0 saturated heterocycles. The number of hydrogen-bond donors (Lipinski definition) is 4. The van der Waals surface area contributed by atoms with E-state index in [4.69, 9.17) is 0 Å². The lowest BCUT2D eigenvalue weighted by Crippen LogP contribution is -1.80. The van der Waals surface area contributed by atoms with Crippen LogP contribution in [-0.2, 0) is 0 Å². The summed E-state index contributed by atoms with van der Waals surface area (Å²) in [5.41, 5.74) is 0. The topological polar surface area (TPSA) is 80.9 Å². The highest BCUT2D eigenvalue weighted by atomic mass is 16.3. The van der Waals surface area contributed by atoms with Gasteiger partial charge in [-0.3, -0.25) is 0 Å². The molecule has 0 heterocycles. The quantitative estimate of drug-likeness (QED) is 0.361. The van der Waals surface area contributed by atoms with E-state index in [1.807, 2.05) is 0 Å². The summed E-state index contributed by atoms with van der Waals surface area (Å²) in [4.78, 5) is 0. The van der Waals surface area contributed by atoms with Crippen molar-refractivity contribution in [1.82, 2.24) is 0 Å². The Morgan fingerprint density at radius 1 is 0.444 bits per heavy atom. The minimum Gasteiger partial charge on any atom is -0.507 e. The zero-order valence-electron chi connectivity index (χ0n) is 9.25. The molecule has 0 radical (unpaired) electrons. The molecule has 0 amide bonds. The Morgan fingerprint density at radius 2 is 0.667 bits per heavy atom. The summed E-state index contributed by atoms with van der Waals surface area (Å²) in [6.07, 6.45) is 0. The maximum Gasteiger partial charge on any atom is 0.123 e. The molecule has 0 saturated carbocycles. The molecule has 0 unspecified atom stereocenters. The Bertz CT molecular complexity index is 649. The van der Waals surface area contributed by atoms with E-state index in [0.717, 1.165) is 0 Å². The van der Waals surface area contributed by atoms with Gasteiger partial charge in [-0.15, -0.1) is 0 Å². The molecule has 0 aliphatic rings. The van der Waals surface area contributed by atoms with Crippen LogP contribution in [0.5, 0.6) is 23.0 Å². The Kier molecular flexibility index (Phi) is 2.01. The number of phenols is 4. The molecule has 4 N–H and O–H groups in total. The van der Waals surface area contributed by atoms with Gasteiger partial charge in [0.15, 0.2) is 0 Å². The number of aromatic hydroxyl groups is 4. The van der Waals surface area contributed by atoms with E-state index in [2.05, 4.69) is 0 Å². The van der Waals surface area contributed by atoms with E-state index in [1.165, 1.54) is 36.4 Å². The number of benzene rings is 3. The first-order chi connectivity index (χ1) is 8.58. The molecule has 90 valence electrons. The van der Waals surface area contributed by atoms with Crippen molar-refractivity contribution in [2.24, 2.45) is 0 Å². The Balaban J connectivity index is 2.59. The van der Waals surface area contributed by atoms with Crippen LogP contribution in [0.4, 0.5) is 0 Å². The normalized spacial score (nSPS) is 11.1. The first-order valence-electron chi connectivity index (χ1n) is 5.37. The molecule has 0 bridgehead atoms. The molecule has 0 aliphatic heterocycles. The lowest BCUT2D eigenvalue weighted by Gasteiger charge is -2.08. The molecular formula is C14H10O4. The van der Waals surface area contributed by atoms with Crippen LogP contribution in [0.15, 0.2) is 36.4 Å². The fourth-order valence-corrected chi connectivity index (χ4v) is 2.12. The Hall–Kier alpha value is -2.62. The van der Waals surface area contributed by atoms with E-state index in [-0.39, 0.29) is 23.0 Å². The summed E-state index contributed by atoms with van der Waals surface area (Å²) in [5.74, 6) is 0.0276. The second-order valence-corrected chi connectivity index (χ2v) is 4.15. The van der Waals surface area contributed by atoms with Crippen LogP contribution in [0.3, 0.4) is 0 Å². The van der Waals surface area contributed by atoms with E-state index in [9.17, 15) is 20.4 Å². The van der Waals surface area contributed by atoms with E-state index >= 15 is 0 Å². The molecule has 4 nitrogen and oxygen atoms in total. The first-order valence-corrected chi connectivity index (χ1v) is 5.37. The predicted octanol–water partition coefficient (Wildman–Crippen LogP) is 2.82. The highest BCUT2D eigenvalue weighted by Gasteiger charge is 2.11. The van der Waals surface area contributed by atoms with Gasteiger partial charge in [0.2, 0.25) is 0 Å². The van der Waals surface area contributed by atoms with Crippen LogP contribution >= 0.6 is 0 Å². The zero-order valence-corrected chi connectivity index (χ0v) is 9.25. The minimum absolute atomic E-state index is 0.00689. The number of rotatable bonds is 0. The predicted molar refractivity (Wildman–Crippen MR) is 68.1 cm³/mol. The van der Waals surface area contributed by atoms with Gasteiger partial charge in [0, 0.05) is 21.5 Å².